The first-order valence-electron chi connectivity index (χ1n) is 7.15. The molecule has 21 heavy (non-hydrogen) atoms. The van der Waals surface area contributed by atoms with E-state index >= 15 is 0 Å². The van der Waals surface area contributed by atoms with Gasteiger partial charge in [0.05, 0.1) is 35.2 Å². The zero-order valence-electron chi connectivity index (χ0n) is 12.2. The number of likely N-dealkylation sites (N-methyl/N-ethyl adjacent to an activating group) is 1. The lowest BCUT2D eigenvalue weighted by atomic mass is 10.2. The summed E-state index contributed by atoms with van der Waals surface area (Å²) >= 11 is 12.6. The van der Waals surface area contributed by atoms with Crippen molar-refractivity contribution in [1.82, 2.24) is 14.5 Å². The molecule has 0 radical (unpaired) electrons. The first-order chi connectivity index (χ1) is 10.1. The Morgan fingerprint density at radius 3 is 3.00 bits per heavy atom. The number of alkyl halides is 1. The molecule has 1 aliphatic heterocycles. The minimum absolute atomic E-state index is 0.147. The van der Waals surface area contributed by atoms with Gasteiger partial charge in [0.25, 0.3) is 0 Å². The molecular formula is C15H19Cl2N3O. The van der Waals surface area contributed by atoms with Crippen LogP contribution in [0.4, 0.5) is 0 Å². The SMILES string of the molecule is CC(Cl)c1nc2c(Cl)cccc2n1CC1CN(C)CCO1. The molecule has 0 amide bonds. The summed E-state index contributed by atoms with van der Waals surface area (Å²) < 4.78 is 8.01. The molecule has 2 aromatic rings. The molecule has 1 aliphatic rings. The van der Waals surface area contributed by atoms with E-state index in [9.17, 15) is 0 Å². The molecule has 0 bridgehead atoms. The maximum atomic E-state index is 6.30. The van der Waals surface area contributed by atoms with Gasteiger partial charge in [-0.15, -0.1) is 11.6 Å². The van der Waals surface area contributed by atoms with Crippen molar-refractivity contribution in [2.24, 2.45) is 0 Å². The van der Waals surface area contributed by atoms with Crippen LogP contribution in [0.1, 0.15) is 18.1 Å². The normalized spacial score (nSPS) is 21.8. The number of benzene rings is 1. The standard InChI is InChI=1S/C15H19Cl2N3O/c1-10(16)15-18-14-12(17)4-3-5-13(14)20(15)9-11-8-19(2)6-7-21-11/h3-5,10-11H,6-9H2,1-2H3. The van der Waals surface area contributed by atoms with E-state index in [2.05, 4.69) is 21.5 Å². The van der Waals surface area contributed by atoms with Crippen LogP contribution in [0.2, 0.25) is 5.02 Å². The number of morpholine rings is 1. The van der Waals surface area contributed by atoms with Crippen molar-refractivity contribution in [3.05, 3.63) is 29.0 Å². The summed E-state index contributed by atoms with van der Waals surface area (Å²) in [6.45, 7) is 5.33. The molecule has 2 heterocycles. The maximum absolute atomic E-state index is 6.30. The van der Waals surface area contributed by atoms with Gasteiger partial charge in [-0.3, -0.25) is 0 Å². The molecule has 114 valence electrons. The molecule has 1 aromatic carbocycles. The number of fused-ring (bicyclic) bond motifs is 1. The predicted octanol–water partition coefficient (Wildman–Crippen LogP) is 3.32. The molecule has 0 saturated carbocycles. The first-order valence-corrected chi connectivity index (χ1v) is 7.96. The van der Waals surface area contributed by atoms with Gasteiger partial charge >= 0.3 is 0 Å². The lowest BCUT2D eigenvalue weighted by Crippen LogP contribution is -2.42. The minimum Gasteiger partial charge on any atom is -0.374 e. The van der Waals surface area contributed by atoms with Crippen molar-refractivity contribution in [2.75, 3.05) is 26.7 Å². The van der Waals surface area contributed by atoms with E-state index in [-0.39, 0.29) is 11.5 Å². The van der Waals surface area contributed by atoms with Gasteiger partial charge in [-0.25, -0.2) is 4.98 Å². The van der Waals surface area contributed by atoms with Gasteiger partial charge in [0.1, 0.15) is 11.3 Å². The molecule has 2 atom stereocenters. The van der Waals surface area contributed by atoms with Crippen LogP contribution in [0.3, 0.4) is 0 Å². The summed E-state index contributed by atoms with van der Waals surface area (Å²) in [7, 11) is 2.11. The maximum Gasteiger partial charge on any atom is 0.127 e. The number of para-hydroxylation sites is 1. The van der Waals surface area contributed by atoms with Gasteiger partial charge in [-0.1, -0.05) is 17.7 Å². The molecule has 0 spiro atoms. The average Bonchev–Trinajstić information content (AvgIpc) is 2.80. The lowest BCUT2D eigenvalue weighted by molar-refractivity contribution is -0.0272. The third-order valence-electron chi connectivity index (χ3n) is 3.84. The molecule has 6 heteroatoms. The molecule has 2 unspecified atom stereocenters. The Balaban J connectivity index is 1.99. The van der Waals surface area contributed by atoms with Crippen LogP contribution < -0.4 is 0 Å². The molecule has 4 nitrogen and oxygen atoms in total. The summed E-state index contributed by atoms with van der Waals surface area (Å²) in [6, 6.07) is 5.83. The van der Waals surface area contributed by atoms with Crippen molar-refractivity contribution in [2.45, 2.75) is 24.9 Å². The van der Waals surface area contributed by atoms with E-state index in [1.54, 1.807) is 0 Å². The molecule has 1 fully saturated rings. The number of aromatic nitrogens is 2. The van der Waals surface area contributed by atoms with Gasteiger partial charge < -0.3 is 14.2 Å². The van der Waals surface area contributed by atoms with Crippen LogP contribution in [-0.2, 0) is 11.3 Å². The van der Waals surface area contributed by atoms with Gasteiger partial charge in [0.2, 0.25) is 0 Å². The predicted molar refractivity (Wildman–Crippen MR) is 86.2 cm³/mol. The number of hydrogen-bond donors (Lipinski definition) is 0. The third-order valence-corrected chi connectivity index (χ3v) is 4.34. The number of imidazole rings is 1. The highest BCUT2D eigenvalue weighted by atomic mass is 35.5. The molecule has 1 aromatic heterocycles. The van der Waals surface area contributed by atoms with Crippen molar-refractivity contribution in [1.29, 1.82) is 0 Å². The second-order valence-corrected chi connectivity index (χ2v) is 6.62. The highest BCUT2D eigenvalue weighted by Gasteiger charge is 2.23. The van der Waals surface area contributed by atoms with Gasteiger partial charge in [0, 0.05) is 13.1 Å². The second kappa shape index (κ2) is 6.13. The van der Waals surface area contributed by atoms with Crippen LogP contribution in [0.15, 0.2) is 18.2 Å². The van der Waals surface area contributed by atoms with Gasteiger partial charge in [0.15, 0.2) is 0 Å². The Hall–Kier alpha value is -0.810. The van der Waals surface area contributed by atoms with E-state index in [0.717, 1.165) is 43.1 Å². The summed E-state index contributed by atoms with van der Waals surface area (Å²) in [6.07, 6.45) is 0.147. The molecule has 0 aliphatic carbocycles. The fourth-order valence-electron chi connectivity index (χ4n) is 2.81. The van der Waals surface area contributed by atoms with Crippen molar-refractivity contribution < 1.29 is 4.74 Å². The van der Waals surface area contributed by atoms with Gasteiger partial charge in [-0.05, 0) is 26.1 Å². The Bertz CT molecular complexity index is 641. The average molecular weight is 328 g/mol. The molecule has 3 rings (SSSR count). The zero-order valence-corrected chi connectivity index (χ0v) is 13.7. The number of hydrogen-bond acceptors (Lipinski definition) is 3. The Morgan fingerprint density at radius 1 is 1.48 bits per heavy atom. The molecule has 0 N–H and O–H groups in total. The van der Waals surface area contributed by atoms with Crippen molar-refractivity contribution in [3.63, 3.8) is 0 Å². The number of ether oxygens (including phenoxy) is 1. The zero-order chi connectivity index (χ0) is 15.0. The minimum atomic E-state index is -0.171. The van der Waals surface area contributed by atoms with Crippen LogP contribution in [0.5, 0.6) is 0 Å². The van der Waals surface area contributed by atoms with Crippen molar-refractivity contribution in [3.8, 4) is 0 Å². The molecule has 1 saturated heterocycles. The van der Waals surface area contributed by atoms with Crippen LogP contribution in [-0.4, -0.2) is 47.3 Å². The second-order valence-electron chi connectivity index (χ2n) is 5.56. The lowest BCUT2D eigenvalue weighted by Gasteiger charge is -2.30. The smallest absolute Gasteiger partial charge is 0.127 e. The van der Waals surface area contributed by atoms with E-state index in [0.29, 0.717) is 5.02 Å². The van der Waals surface area contributed by atoms with Crippen molar-refractivity contribution >= 4 is 34.2 Å². The summed E-state index contributed by atoms with van der Waals surface area (Å²) in [4.78, 5) is 6.91. The van der Waals surface area contributed by atoms with E-state index < -0.39 is 0 Å². The summed E-state index contributed by atoms with van der Waals surface area (Å²) in [5.41, 5.74) is 1.83. The van der Waals surface area contributed by atoms with E-state index in [1.165, 1.54) is 0 Å². The number of nitrogens with zero attached hydrogens (tertiary/aromatic N) is 3. The fraction of sp³-hybridized carbons (Fsp3) is 0.533. The highest BCUT2D eigenvalue weighted by Crippen LogP contribution is 2.29. The monoisotopic (exact) mass is 327 g/mol. The van der Waals surface area contributed by atoms with Crippen LogP contribution in [0, 0.1) is 0 Å². The topological polar surface area (TPSA) is 30.3 Å². The number of rotatable bonds is 3. The van der Waals surface area contributed by atoms with E-state index in [1.807, 2.05) is 25.1 Å². The van der Waals surface area contributed by atoms with Gasteiger partial charge in [-0.2, -0.15) is 0 Å². The fourth-order valence-corrected chi connectivity index (χ4v) is 3.19. The largest absolute Gasteiger partial charge is 0.374 e. The number of halogens is 2. The quantitative estimate of drug-likeness (QED) is 0.810. The third kappa shape index (κ3) is 3.04. The van der Waals surface area contributed by atoms with Crippen LogP contribution in [0.25, 0.3) is 11.0 Å². The first kappa shape index (κ1) is 15.1. The summed E-state index contributed by atoms with van der Waals surface area (Å²) in [5.74, 6) is 0.844. The highest BCUT2D eigenvalue weighted by molar-refractivity contribution is 6.35. The molecular weight excluding hydrogens is 309 g/mol. The van der Waals surface area contributed by atoms with E-state index in [4.69, 9.17) is 27.9 Å². The Morgan fingerprint density at radius 2 is 2.29 bits per heavy atom. The Labute approximate surface area is 134 Å². The Kier molecular flexibility index (Phi) is 4.41. The van der Waals surface area contributed by atoms with Crippen LogP contribution >= 0.6 is 23.2 Å². The summed E-state index contributed by atoms with van der Waals surface area (Å²) in [5, 5.41) is 0.487.